The van der Waals surface area contributed by atoms with E-state index in [1.165, 1.54) is 0 Å². The average Bonchev–Trinajstić information content (AvgIpc) is 2.90. The Hall–Kier alpha value is -3.55. The van der Waals surface area contributed by atoms with Crippen LogP contribution in [0.3, 0.4) is 0 Å². The van der Waals surface area contributed by atoms with Gasteiger partial charge in [0, 0.05) is 12.2 Å². The quantitative estimate of drug-likeness (QED) is 0.290. The predicted octanol–water partition coefficient (Wildman–Crippen LogP) is 6.33. The van der Waals surface area contributed by atoms with Gasteiger partial charge in [-0.25, -0.2) is 4.79 Å². The van der Waals surface area contributed by atoms with E-state index in [0.717, 1.165) is 19.3 Å². The van der Waals surface area contributed by atoms with Crippen molar-refractivity contribution in [3.63, 3.8) is 0 Å². The third-order valence-corrected chi connectivity index (χ3v) is 6.47. The Morgan fingerprint density at radius 1 is 0.949 bits per heavy atom. The normalized spacial score (nSPS) is 13.5. The number of hydrogen-bond acceptors (Lipinski definition) is 5. The fourth-order valence-corrected chi connectivity index (χ4v) is 4.19. The lowest BCUT2D eigenvalue weighted by molar-refractivity contribution is -0.142. The zero-order valence-corrected chi connectivity index (χ0v) is 24.5. The highest BCUT2D eigenvalue weighted by Crippen LogP contribution is 2.27. The van der Waals surface area contributed by atoms with Crippen molar-refractivity contribution in [3.8, 4) is 5.75 Å². The van der Waals surface area contributed by atoms with Crippen LogP contribution in [0.1, 0.15) is 78.8 Å². The first-order valence-electron chi connectivity index (χ1n) is 13.8. The molecule has 0 fully saturated rings. The lowest BCUT2D eigenvalue weighted by atomic mass is 9.95. The molecule has 0 aliphatic rings. The summed E-state index contributed by atoms with van der Waals surface area (Å²) in [6.45, 7) is 11.7. The Morgan fingerprint density at radius 3 is 2.13 bits per heavy atom. The maximum absolute atomic E-state index is 14.3. The molecule has 2 aromatic carbocycles. The first kappa shape index (κ1) is 31.7. The first-order valence-corrected chi connectivity index (χ1v) is 13.8. The summed E-state index contributed by atoms with van der Waals surface area (Å²) in [6, 6.07) is 14.6. The molecule has 0 aliphatic heterocycles. The van der Waals surface area contributed by atoms with E-state index in [1.54, 1.807) is 57.0 Å². The second-order valence-electron chi connectivity index (χ2n) is 10.8. The fourth-order valence-electron chi connectivity index (χ4n) is 4.19. The molecule has 0 bridgehead atoms. The van der Waals surface area contributed by atoms with Gasteiger partial charge in [-0.05, 0) is 62.9 Å². The van der Waals surface area contributed by atoms with Gasteiger partial charge in [0.25, 0.3) is 5.91 Å². The Kier molecular flexibility index (Phi) is 12.3. The van der Waals surface area contributed by atoms with Crippen molar-refractivity contribution in [2.75, 3.05) is 19.0 Å². The summed E-state index contributed by atoms with van der Waals surface area (Å²) in [6.07, 6.45) is 2.58. The van der Waals surface area contributed by atoms with Gasteiger partial charge in [0.2, 0.25) is 5.91 Å². The highest BCUT2D eigenvalue weighted by Gasteiger charge is 2.38. The van der Waals surface area contributed by atoms with Crippen LogP contribution in [0.5, 0.6) is 5.75 Å². The van der Waals surface area contributed by atoms with Gasteiger partial charge in [-0.15, -0.1) is 0 Å². The number of methoxy groups -OCH3 is 1. The smallest absolute Gasteiger partial charge is 0.408 e. The monoisotopic (exact) mass is 539 g/mol. The number of hydrogen-bond donors (Lipinski definition) is 2. The minimum Gasteiger partial charge on any atom is -0.497 e. The molecule has 0 aliphatic carbocycles. The number of nitrogens with one attached hydrogen (secondary N) is 2. The molecule has 2 rings (SSSR count). The lowest BCUT2D eigenvalue weighted by Crippen LogP contribution is -2.55. The molecule has 3 unspecified atom stereocenters. The van der Waals surface area contributed by atoms with Gasteiger partial charge in [0.05, 0.1) is 7.11 Å². The van der Waals surface area contributed by atoms with Gasteiger partial charge >= 0.3 is 6.09 Å². The number of carbonyl (C=O) groups excluding carboxylic acids is 3. The Labute approximate surface area is 233 Å². The van der Waals surface area contributed by atoms with Crippen molar-refractivity contribution in [1.29, 1.82) is 0 Å². The van der Waals surface area contributed by atoms with E-state index >= 15 is 0 Å². The second-order valence-corrected chi connectivity index (χ2v) is 10.8. The fraction of sp³-hybridized carbons (Fsp3) is 0.516. The number of amides is 3. The van der Waals surface area contributed by atoms with Crippen molar-refractivity contribution in [2.45, 2.75) is 84.9 Å². The van der Waals surface area contributed by atoms with Gasteiger partial charge in [-0.2, -0.15) is 0 Å². The van der Waals surface area contributed by atoms with Gasteiger partial charge in [0.1, 0.15) is 23.4 Å². The number of alkyl carbamates (subject to hydrolysis) is 1. The third kappa shape index (κ3) is 9.93. The number of anilines is 1. The highest BCUT2D eigenvalue weighted by molar-refractivity contribution is 5.99. The van der Waals surface area contributed by atoms with Gasteiger partial charge in [-0.1, -0.05) is 70.4 Å². The Balaban J connectivity index is 2.49. The molecule has 8 heteroatoms. The van der Waals surface area contributed by atoms with Crippen molar-refractivity contribution in [2.24, 2.45) is 5.92 Å². The van der Waals surface area contributed by atoms with E-state index in [1.807, 2.05) is 44.2 Å². The van der Waals surface area contributed by atoms with Crippen LogP contribution in [0.2, 0.25) is 0 Å². The van der Waals surface area contributed by atoms with E-state index in [4.69, 9.17) is 9.47 Å². The second kappa shape index (κ2) is 15.1. The van der Waals surface area contributed by atoms with Gasteiger partial charge < -0.3 is 25.0 Å². The zero-order valence-electron chi connectivity index (χ0n) is 24.5. The van der Waals surface area contributed by atoms with Crippen LogP contribution in [-0.4, -0.2) is 48.1 Å². The summed E-state index contributed by atoms with van der Waals surface area (Å²) in [7, 11) is 1.58. The molecule has 0 heterocycles. The molecular formula is C31H45N3O5. The van der Waals surface area contributed by atoms with E-state index in [0.29, 0.717) is 30.0 Å². The molecule has 0 saturated carbocycles. The van der Waals surface area contributed by atoms with Gasteiger partial charge in [0.15, 0.2) is 0 Å². The number of rotatable bonds is 13. The summed E-state index contributed by atoms with van der Waals surface area (Å²) < 4.78 is 10.7. The van der Waals surface area contributed by atoms with Gasteiger partial charge in [-0.3, -0.25) is 9.59 Å². The maximum Gasteiger partial charge on any atom is 0.408 e. The molecule has 0 saturated heterocycles. The topological polar surface area (TPSA) is 97.0 Å². The summed E-state index contributed by atoms with van der Waals surface area (Å²) >= 11 is 0. The number of nitrogens with zero attached hydrogens (tertiary/aromatic N) is 1. The lowest BCUT2D eigenvalue weighted by Gasteiger charge is -2.36. The van der Waals surface area contributed by atoms with Crippen molar-refractivity contribution in [1.82, 2.24) is 10.2 Å². The first-order chi connectivity index (χ1) is 18.5. The number of benzene rings is 2. The number of ether oxygens (including phenoxy) is 2. The minimum atomic E-state index is -0.898. The van der Waals surface area contributed by atoms with Crippen molar-refractivity contribution >= 4 is 23.6 Å². The molecule has 2 aromatic rings. The zero-order chi connectivity index (χ0) is 29.0. The molecular weight excluding hydrogens is 494 g/mol. The summed E-state index contributed by atoms with van der Waals surface area (Å²) in [4.78, 5) is 42.5. The van der Waals surface area contributed by atoms with E-state index < -0.39 is 23.8 Å². The third-order valence-electron chi connectivity index (χ3n) is 6.47. The Morgan fingerprint density at radius 2 is 1.59 bits per heavy atom. The number of carbonyl (C=O) groups is 3. The summed E-state index contributed by atoms with van der Waals surface area (Å²) in [5.74, 6) is -0.158. The van der Waals surface area contributed by atoms with Crippen LogP contribution in [0.4, 0.5) is 10.5 Å². The van der Waals surface area contributed by atoms with Crippen LogP contribution in [-0.2, 0) is 14.3 Å². The van der Waals surface area contributed by atoms with Crippen LogP contribution >= 0.6 is 0 Å². The minimum absolute atomic E-state index is 0.181. The van der Waals surface area contributed by atoms with Crippen molar-refractivity contribution < 1.29 is 23.9 Å². The Bertz CT molecular complexity index is 1050. The molecule has 2 N–H and O–H groups in total. The van der Waals surface area contributed by atoms with E-state index in [9.17, 15) is 14.4 Å². The maximum atomic E-state index is 14.3. The molecule has 3 atom stereocenters. The summed E-state index contributed by atoms with van der Waals surface area (Å²) in [5.41, 5.74) is 0.570. The molecule has 0 radical (unpaired) electrons. The average molecular weight is 540 g/mol. The van der Waals surface area contributed by atoms with E-state index in [2.05, 4.69) is 17.6 Å². The molecule has 0 spiro atoms. The van der Waals surface area contributed by atoms with Crippen LogP contribution < -0.4 is 15.4 Å². The number of unbranched alkanes of at least 4 members (excludes halogenated alkanes) is 2. The molecule has 0 aromatic heterocycles. The SMILES string of the molecule is CCCCCN(C(=O)C(NC(=O)OC(C)(C)C)C(C)CC)C(C(=O)Nc1ccc(OC)cc1)c1ccccc1. The molecule has 3 amide bonds. The van der Waals surface area contributed by atoms with Crippen molar-refractivity contribution in [3.05, 3.63) is 60.2 Å². The predicted molar refractivity (Wildman–Crippen MR) is 155 cm³/mol. The van der Waals surface area contributed by atoms with E-state index in [-0.39, 0.29) is 17.7 Å². The standard InChI is InChI=1S/C31H45N3O5/c1-8-10-14-21-34(29(36)26(22(3)9-2)33-30(37)39-31(4,5)6)27(23-15-12-11-13-16-23)28(35)32-24-17-19-25(38-7)20-18-24/h11-13,15-20,22,26-27H,8-10,14,21H2,1-7H3,(H,32,35)(H,33,37). The molecule has 39 heavy (non-hydrogen) atoms. The summed E-state index contributed by atoms with van der Waals surface area (Å²) in [5, 5.41) is 5.78. The van der Waals surface area contributed by atoms with Crippen LogP contribution in [0, 0.1) is 5.92 Å². The van der Waals surface area contributed by atoms with Crippen LogP contribution in [0.25, 0.3) is 0 Å². The molecule has 214 valence electrons. The largest absolute Gasteiger partial charge is 0.497 e. The van der Waals surface area contributed by atoms with Crippen LogP contribution in [0.15, 0.2) is 54.6 Å². The highest BCUT2D eigenvalue weighted by atomic mass is 16.6. The molecule has 8 nitrogen and oxygen atoms in total.